The Bertz CT molecular complexity index is 1340. The first-order valence-corrected chi connectivity index (χ1v) is 10.5. The average Bonchev–Trinajstić information content (AvgIpc) is 2.67. The van der Waals surface area contributed by atoms with E-state index in [4.69, 9.17) is 9.79 Å². The fourth-order valence-electron chi connectivity index (χ4n) is 3.02. The molecular formula is C17H20N4O9P+. The first-order chi connectivity index (χ1) is 14.4. The van der Waals surface area contributed by atoms with Crippen molar-refractivity contribution in [1.29, 1.82) is 0 Å². The Balaban J connectivity index is 2.09. The van der Waals surface area contributed by atoms with E-state index in [2.05, 4.69) is 19.5 Å². The summed E-state index contributed by atoms with van der Waals surface area (Å²) in [5.74, 6) is -1.17. The van der Waals surface area contributed by atoms with Crippen molar-refractivity contribution in [1.82, 2.24) is 15.0 Å². The highest BCUT2D eigenvalue weighted by molar-refractivity contribution is 7.46. The number of aromatic nitrogens is 4. The van der Waals surface area contributed by atoms with Crippen molar-refractivity contribution in [3.63, 3.8) is 0 Å². The van der Waals surface area contributed by atoms with E-state index in [1.807, 2.05) is 13.8 Å². The van der Waals surface area contributed by atoms with E-state index >= 15 is 0 Å². The highest BCUT2D eigenvalue weighted by atomic mass is 31.2. The van der Waals surface area contributed by atoms with Crippen LogP contribution in [0.15, 0.2) is 21.7 Å². The summed E-state index contributed by atoms with van der Waals surface area (Å²) >= 11 is 0. The number of phosphoric acid groups is 1. The third-order valence-electron chi connectivity index (χ3n) is 4.72. The van der Waals surface area contributed by atoms with E-state index < -0.39 is 50.2 Å². The lowest BCUT2D eigenvalue weighted by Gasteiger charge is -2.17. The summed E-state index contributed by atoms with van der Waals surface area (Å²) in [5.41, 5.74) is 0.718. The number of hydrogen-bond acceptors (Lipinski definition) is 8. The summed E-state index contributed by atoms with van der Waals surface area (Å²) < 4.78 is 16.1. The molecule has 0 bridgehead atoms. The fraction of sp³-hybridized carbons (Fsp3) is 0.353. The summed E-state index contributed by atoms with van der Waals surface area (Å²) in [5, 5.41) is 20.5. The van der Waals surface area contributed by atoms with Gasteiger partial charge in [-0.15, -0.1) is 0 Å². The zero-order valence-electron chi connectivity index (χ0n) is 16.4. The molecule has 0 aliphatic carbocycles. The number of aryl methyl sites for hydroxylation is 2. The topological polar surface area (TPSA) is 207 Å². The van der Waals surface area contributed by atoms with Crippen LogP contribution in [0.5, 0.6) is 0 Å². The van der Waals surface area contributed by atoms with Gasteiger partial charge in [-0.05, 0) is 37.1 Å². The standard InChI is InChI=1S/C17H19N4O9P/c1-7-3-9-10(4-8(7)2)21(15-13(18-9)16(25)20-17(26)19-15)5-11(22)14(24)12(23)6-30-31(27,28)29/h3-4,11,14,22,24H,5-6H2,1-2H3,(H3,20,25,26,27,28,29)/p+1/t11-,14-/m0/s1. The van der Waals surface area contributed by atoms with Crippen LogP contribution in [-0.4, -0.2) is 59.5 Å². The maximum atomic E-state index is 12.2. The van der Waals surface area contributed by atoms with Crippen LogP contribution in [-0.2, 0) is 20.4 Å². The number of hydrogen-bond donors (Lipinski definition) is 6. The molecule has 2 heterocycles. The second kappa shape index (κ2) is 8.38. The molecule has 0 saturated carbocycles. The first kappa shape index (κ1) is 22.9. The van der Waals surface area contributed by atoms with Gasteiger partial charge >= 0.3 is 19.2 Å². The maximum Gasteiger partial charge on any atom is 0.470 e. The highest BCUT2D eigenvalue weighted by Gasteiger charge is 2.30. The lowest BCUT2D eigenvalue weighted by molar-refractivity contribution is -0.656. The second-order valence-electron chi connectivity index (χ2n) is 7.00. The number of rotatable bonds is 7. The van der Waals surface area contributed by atoms with Crippen LogP contribution in [0.25, 0.3) is 22.2 Å². The van der Waals surface area contributed by atoms with Crippen LogP contribution in [0.1, 0.15) is 11.1 Å². The Morgan fingerprint density at radius 3 is 2.48 bits per heavy atom. The Hall–Kier alpha value is -2.80. The summed E-state index contributed by atoms with van der Waals surface area (Å²) in [7, 11) is -4.95. The molecule has 13 nitrogen and oxygen atoms in total. The van der Waals surface area contributed by atoms with Gasteiger partial charge in [-0.25, -0.2) is 18.9 Å². The van der Waals surface area contributed by atoms with Crippen LogP contribution in [0.3, 0.4) is 0 Å². The van der Waals surface area contributed by atoms with Gasteiger partial charge in [-0.1, -0.05) is 0 Å². The number of nitrogens with one attached hydrogen (secondary N) is 2. The third kappa shape index (κ3) is 4.93. The van der Waals surface area contributed by atoms with Crippen molar-refractivity contribution < 1.29 is 38.5 Å². The Morgan fingerprint density at radius 1 is 1.19 bits per heavy atom. The summed E-state index contributed by atoms with van der Waals surface area (Å²) in [6.07, 6.45) is -3.83. The van der Waals surface area contributed by atoms with Crippen molar-refractivity contribution >= 4 is 35.8 Å². The minimum atomic E-state index is -4.95. The lowest BCUT2D eigenvalue weighted by Crippen LogP contribution is -2.50. The third-order valence-corrected chi connectivity index (χ3v) is 5.19. The molecule has 166 valence electrons. The largest absolute Gasteiger partial charge is 0.470 e. The molecule has 6 N–H and O–H groups in total. The number of benzene rings is 1. The molecule has 31 heavy (non-hydrogen) atoms. The summed E-state index contributed by atoms with van der Waals surface area (Å²) in [6.45, 7) is 2.07. The monoisotopic (exact) mass is 455 g/mol. The molecule has 3 aromatic rings. The molecule has 0 fully saturated rings. The molecular weight excluding hydrogens is 435 g/mol. The smallest absolute Gasteiger partial charge is 0.386 e. The maximum absolute atomic E-state index is 12.2. The van der Waals surface area contributed by atoms with Crippen molar-refractivity contribution in [2.24, 2.45) is 0 Å². The number of phosphoric ester groups is 1. The molecule has 2 atom stereocenters. The van der Waals surface area contributed by atoms with Crippen molar-refractivity contribution in [3.05, 3.63) is 44.1 Å². The minimum absolute atomic E-state index is 0.0466. The normalized spacial score (nSPS) is 14.1. The number of H-pyrrole nitrogens is 2. The van der Waals surface area contributed by atoms with Gasteiger partial charge in [0.25, 0.3) is 5.56 Å². The van der Waals surface area contributed by atoms with Gasteiger partial charge in [-0.2, -0.15) is 4.98 Å². The number of carbonyl (C=O) groups is 1. The number of aliphatic hydroxyl groups is 2. The minimum Gasteiger partial charge on any atom is -0.386 e. The van der Waals surface area contributed by atoms with Gasteiger partial charge in [0.1, 0.15) is 30.9 Å². The molecule has 0 aliphatic heterocycles. The first-order valence-electron chi connectivity index (χ1n) is 8.93. The molecule has 3 rings (SSSR count). The zero-order chi connectivity index (χ0) is 23.1. The molecule has 0 unspecified atom stereocenters. The van der Waals surface area contributed by atoms with Gasteiger partial charge in [0, 0.05) is 0 Å². The fourth-order valence-corrected chi connectivity index (χ4v) is 3.32. The van der Waals surface area contributed by atoms with Gasteiger partial charge in [0.2, 0.25) is 5.52 Å². The van der Waals surface area contributed by atoms with Crippen LogP contribution < -0.4 is 15.8 Å². The molecule has 1 aromatic carbocycles. The summed E-state index contributed by atoms with van der Waals surface area (Å²) in [4.78, 5) is 62.1. The lowest BCUT2D eigenvalue weighted by atomic mass is 10.1. The molecule has 0 radical (unpaired) electrons. The Morgan fingerprint density at radius 2 is 1.84 bits per heavy atom. The van der Waals surface area contributed by atoms with Gasteiger partial charge < -0.3 is 20.0 Å². The van der Waals surface area contributed by atoms with E-state index in [9.17, 15) is 29.2 Å². The van der Waals surface area contributed by atoms with Gasteiger partial charge in [0.05, 0.1) is 0 Å². The quantitative estimate of drug-likeness (QED) is 0.132. The van der Waals surface area contributed by atoms with Crippen molar-refractivity contribution in [2.75, 3.05) is 6.61 Å². The van der Waals surface area contributed by atoms with Crippen molar-refractivity contribution in [3.8, 4) is 0 Å². The number of nitrogens with zero attached hydrogens (tertiary/aromatic N) is 2. The van der Waals surface area contributed by atoms with Crippen molar-refractivity contribution in [2.45, 2.75) is 32.6 Å². The van der Waals surface area contributed by atoms with Crippen LogP contribution >= 0.6 is 7.82 Å². The molecule has 0 spiro atoms. The van der Waals surface area contributed by atoms with E-state index in [0.717, 1.165) is 11.1 Å². The molecule has 0 amide bonds. The van der Waals surface area contributed by atoms with Gasteiger partial charge in [0.15, 0.2) is 11.3 Å². The SMILES string of the molecule is Cc1cc2nc3c(=O)[nH]c(=O)[nH]c3[n+](C[C@H](O)[C@H](O)C(=O)COP(=O)(O)O)c2cc1C. The second-order valence-corrected chi connectivity index (χ2v) is 8.23. The number of carbonyl (C=O) groups excluding carboxylic acids is 1. The molecule has 2 aromatic heterocycles. The number of aromatic amines is 2. The molecule has 0 aliphatic rings. The van der Waals surface area contributed by atoms with Crippen LogP contribution in [0, 0.1) is 13.8 Å². The van der Waals surface area contributed by atoms with Crippen LogP contribution in [0.4, 0.5) is 0 Å². The van der Waals surface area contributed by atoms with E-state index in [1.165, 1.54) is 4.57 Å². The van der Waals surface area contributed by atoms with E-state index in [0.29, 0.717) is 11.0 Å². The van der Waals surface area contributed by atoms with Crippen LogP contribution in [0.2, 0.25) is 0 Å². The van der Waals surface area contributed by atoms with E-state index in [1.54, 1.807) is 12.1 Å². The predicted molar refractivity (Wildman–Crippen MR) is 105 cm³/mol. The number of fused-ring (bicyclic) bond motifs is 2. The molecule has 0 saturated heterocycles. The zero-order valence-corrected chi connectivity index (χ0v) is 17.3. The Labute approximate surface area is 173 Å². The summed E-state index contributed by atoms with van der Waals surface area (Å²) in [6, 6.07) is 3.40. The predicted octanol–water partition coefficient (Wildman–Crippen LogP) is -1.93. The van der Waals surface area contributed by atoms with Gasteiger partial charge in [-0.3, -0.25) is 19.1 Å². The molecule has 14 heteroatoms. The number of aliphatic hydroxyl groups excluding tert-OH is 2. The Kier molecular flexibility index (Phi) is 6.18. The number of ketones is 1. The van der Waals surface area contributed by atoms with E-state index in [-0.39, 0.29) is 11.2 Å². The highest BCUT2D eigenvalue weighted by Crippen LogP contribution is 2.35. The number of Topliss-reactive ketones (excluding diaryl/α,β-unsaturated/α-hetero) is 1. The average molecular weight is 455 g/mol.